The first-order valence-electron chi connectivity index (χ1n) is 1.96. The number of hydrogen-bond acceptors (Lipinski definition) is 1. The van der Waals surface area contributed by atoms with Gasteiger partial charge in [-0.25, -0.2) is 0 Å². The molecule has 1 rings (SSSR count). The van der Waals surface area contributed by atoms with Crippen LogP contribution >= 0.6 is 0 Å². The zero-order chi connectivity index (χ0) is 4.41. The Labute approximate surface area is 57.3 Å². The Bertz CT molecular complexity index is 64.6. The van der Waals surface area contributed by atoms with E-state index in [1.54, 1.807) is 0 Å². The summed E-state index contributed by atoms with van der Waals surface area (Å²) in [5, 5.41) is 12.4. The molecule has 0 spiro atoms. The van der Waals surface area contributed by atoms with Gasteiger partial charge in [0.25, 0.3) is 0 Å². The molecule has 0 aliphatic carbocycles. The normalized spacial score (nSPS) is 16.9. The number of guanidine groups is 1. The molecule has 4 heteroatoms. The summed E-state index contributed by atoms with van der Waals surface area (Å²) in [7, 11) is 0. The van der Waals surface area contributed by atoms with Crippen LogP contribution in [0.25, 0.3) is 0 Å². The van der Waals surface area contributed by atoms with Crippen LogP contribution in [-0.4, -0.2) is 19.0 Å². The van der Waals surface area contributed by atoms with Gasteiger partial charge in [-0.3, -0.25) is 5.41 Å². The van der Waals surface area contributed by atoms with Crippen LogP contribution in [0.4, 0.5) is 0 Å². The van der Waals surface area contributed by atoms with Crippen molar-refractivity contribution in [1.82, 2.24) is 10.6 Å². The molecule has 0 aromatic rings. The minimum absolute atomic E-state index is 0. The first-order chi connectivity index (χ1) is 2.89. The SMILES string of the molecule is N=C1NCCN1.[Ti]. The number of nitrogens with one attached hydrogen (secondary N) is 3. The summed E-state index contributed by atoms with van der Waals surface area (Å²) in [5.74, 6) is 0.454. The Morgan fingerprint density at radius 3 is 1.86 bits per heavy atom. The molecule has 1 fully saturated rings. The third-order valence-corrected chi connectivity index (χ3v) is 0.729. The molecule has 0 radical (unpaired) electrons. The molecule has 1 aliphatic rings. The van der Waals surface area contributed by atoms with Crippen molar-refractivity contribution in [1.29, 1.82) is 5.41 Å². The number of rotatable bonds is 0. The van der Waals surface area contributed by atoms with Crippen LogP contribution in [0.2, 0.25) is 0 Å². The smallest absolute Gasteiger partial charge is 0.188 e. The van der Waals surface area contributed by atoms with E-state index in [0.717, 1.165) is 13.1 Å². The summed E-state index contributed by atoms with van der Waals surface area (Å²) in [6, 6.07) is 0. The van der Waals surface area contributed by atoms with Gasteiger partial charge in [-0.2, -0.15) is 0 Å². The van der Waals surface area contributed by atoms with Gasteiger partial charge in [-0.15, -0.1) is 0 Å². The van der Waals surface area contributed by atoms with Crippen molar-refractivity contribution in [2.75, 3.05) is 13.1 Å². The molecule has 1 aliphatic heterocycles. The third kappa shape index (κ3) is 1.95. The molecule has 1 heterocycles. The summed E-state index contributed by atoms with van der Waals surface area (Å²) >= 11 is 0. The molecule has 0 saturated carbocycles. The Morgan fingerprint density at radius 1 is 1.29 bits per heavy atom. The van der Waals surface area contributed by atoms with Crippen LogP contribution in [0.15, 0.2) is 0 Å². The molecular formula is C3H7N3Ti. The van der Waals surface area contributed by atoms with Crippen LogP contribution < -0.4 is 10.6 Å². The van der Waals surface area contributed by atoms with Crippen molar-refractivity contribution >= 4 is 5.96 Å². The van der Waals surface area contributed by atoms with E-state index in [9.17, 15) is 0 Å². The molecular weight excluding hydrogens is 126 g/mol. The first kappa shape index (κ1) is 6.98. The first-order valence-corrected chi connectivity index (χ1v) is 1.96. The fourth-order valence-electron chi connectivity index (χ4n) is 0.437. The van der Waals surface area contributed by atoms with Gasteiger partial charge in [0.2, 0.25) is 0 Å². The molecule has 0 atom stereocenters. The van der Waals surface area contributed by atoms with E-state index in [1.165, 1.54) is 0 Å². The Hall–Kier alpha value is -0.0157. The van der Waals surface area contributed by atoms with Gasteiger partial charge in [0.1, 0.15) is 0 Å². The fraction of sp³-hybridized carbons (Fsp3) is 0.667. The van der Waals surface area contributed by atoms with Gasteiger partial charge < -0.3 is 10.6 Å². The average Bonchev–Trinajstić information content (AvgIpc) is 1.86. The summed E-state index contributed by atoms with van der Waals surface area (Å²) in [4.78, 5) is 0. The zero-order valence-corrected chi connectivity index (χ0v) is 5.48. The predicted molar refractivity (Wildman–Crippen MR) is 23.7 cm³/mol. The van der Waals surface area contributed by atoms with E-state index in [-0.39, 0.29) is 21.7 Å². The minimum Gasteiger partial charge on any atom is -0.355 e. The van der Waals surface area contributed by atoms with E-state index in [4.69, 9.17) is 5.41 Å². The van der Waals surface area contributed by atoms with Gasteiger partial charge >= 0.3 is 0 Å². The second-order valence-electron chi connectivity index (χ2n) is 1.23. The van der Waals surface area contributed by atoms with Crippen LogP contribution in [-0.2, 0) is 21.7 Å². The van der Waals surface area contributed by atoms with Crippen molar-refractivity contribution in [2.24, 2.45) is 0 Å². The van der Waals surface area contributed by atoms with Crippen molar-refractivity contribution in [3.8, 4) is 0 Å². The van der Waals surface area contributed by atoms with Crippen molar-refractivity contribution in [2.45, 2.75) is 0 Å². The van der Waals surface area contributed by atoms with Crippen molar-refractivity contribution in [3.63, 3.8) is 0 Å². The van der Waals surface area contributed by atoms with Crippen molar-refractivity contribution < 1.29 is 21.7 Å². The third-order valence-electron chi connectivity index (χ3n) is 0.729. The standard InChI is InChI=1S/C3H7N3.Ti/c4-3-5-1-2-6-3;/h1-2H2,(H3,4,5,6);. The molecule has 0 bridgehead atoms. The summed E-state index contributed by atoms with van der Waals surface area (Å²) < 4.78 is 0. The maximum atomic E-state index is 6.83. The van der Waals surface area contributed by atoms with Gasteiger partial charge in [0.05, 0.1) is 0 Å². The quantitative estimate of drug-likeness (QED) is 0.375. The molecule has 3 nitrogen and oxygen atoms in total. The predicted octanol–water partition coefficient (Wildman–Crippen LogP) is -0.889. The van der Waals surface area contributed by atoms with Crippen LogP contribution in [0.1, 0.15) is 0 Å². The maximum absolute atomic E-state index is 6.83. The molecule has 38 valence electrons. The van der Waals surface area contributed by atoms with Gasteiger partial charge in [-0.1, -0.05) is 0 Å². The Balaban J connectivity index is 0.000000360. The van der Waals surface area contributed by atoms with Gasteiger partial charge in [0, 0.05) is 34.8 Å². The van der Waals surface area contributed by atoms with Gasteiger partial charge in [-0.05, 0) is 0 Å². The molecule has 1 saturated heterocycles. The van der Waals surface area contributed by atoms with Crippen molar-refractivity contribution in [3.05, 3.63) is 0 Å². The van der Waals surface area contributed by atoms with Gasteiger partial charge in [0.15, 0.2) is 5.96 Å². The van der Waals surface area contributed by atoms with Crippen LogP contribution in [0, 0.1) is 5.41 Å². The summed E-state index contributed by atoms with van der Waals surface area (Å²) in [6.07, 6.45) is 0. The Kier molecular flexibility index (Phi) is 3.04. The molecule has 0 aromatic carbocycles. The topological polar surface area (TPSA) is 47.9 Å². The summed E-state index contributed by atoms with van der Waals surface area (Å²) in [6.45, 7) is 1.80. The minimum atomic E-state index is 0. The zero-order valence-electron chi connectivity index (χ0n) is 3.91. The maximum Gasteiger partial charge on any atom is 0.188 e. The average molecular weight is 133 g/mol. The monoisotopic (exact) mass is 133 g/mol. The van der Waals surface area contributed by atoms with E-state index >= 15 is 0 Å². The second kappa shape index (κ2) is 3.05. The largest absolute Gasteiger partial charge is 0.355 e. The molecule has 0 unspecified atom stereocenters. The molecule has 7 heavy (non-hydrogen) atoms. The molecule has 3 N–H and O–H groups in total. The van der Waals surface area contributed by atoms with E-state index in [1.807, 2.05) is 0 Å². The van der Waals surface area contributed by atoms with Crippen LogP contribution in [0.3, 0.4) is 0 Å². The Morgan fingerprint density at radius 2 is 1.71 bits per heavy atom. The number of hydrogen-bond donors (Lipinski definition) is 3. The van der Waals surface area contributed by atoms with Crippen LogP contribution in [0.5, 0.6) is 0 Å². The van der Waals surface area contributed by atoms with E-state index < -0.39 is 0 Å². The molecule has 0 amide bonds. The summed E-state index contributed by atoms with van der Waals surface area (Å²) in [5.41, 5.74) is 0. The van der Waals surface area contributed by atoms with E-state index in [2.05, 4.69) is 10.6 Å². The van der Waals surface area contributed by atoms with E-state index in [0.29, 0.717) is 5.96 Å². The molecule has 0 aromatic heterocycles. The second-order valence-corrected chi connectivity index (χ2v) is 1.23. The fourth-order valence-corrected chi connectivity index (χ4v) is 0.437.